The zero-order chi connectivity index (χ0) is 10.9. The summed E-state index contributed by atoms with van der Waals surface area (Å²) in [6.07, 6.45) is 0. The third-order valence-electron chi connectivity index (χ3n) is 1.65. The molecule has 4 nitrogen and oxygen atoms in total. The number of nitrogens with two attached hydrogens (primary N) is 1. The van der Waals surface area contributed by atoms with Gasteiger partial charge >= 0.3 is 0 Å². The van der Waals surface area contributed by atoms with Crippen LogP contribution >= 0.6 is 15.9 Å². The van der Waals surface area contributed by atoms with Crippen molar-refractivity contribution in [2.24, 2.45) is 5.14 Å². The van der Waals surface area contributed by atoms with E-state index in [0.29, 0.717) is 10.0 Å². The van der Waals surface area contributed by atoms with Crippen LogP contribution in [0.5, 0.6) is 0 Å². The second-order valence-electron chi connectivity index (χ2n) is 2.74. The van der Waals surface area contributed by atoms with Crippen LogP contribution in [0.2, 0.25) is 0 Å². The van der Waals surface area contributed by atoms with Crippen molar-refractivity contribution in [2.45, 2.75) is 11.8 Å². The molecule has 0 heterocycles. The molecule has 1 aromatic carbocycles. The molecular formula is C8H8BrNO3S. The second kappa shape index (κ2) is 3.80. The summed E-state index contributed by atoms with van der Waals surface area (Å²) in [5.41, 5.74) is 0.302. The van der Waals surface area contributed by atoms with Crippen LogP contribution in [-0.2, 0) is 10.0 Å². The lowest BCUT2D eigenvalue weighted by atomic mass is 10.1. The monoisotopic (exact) mass is 277 g/mol. The molecule has 0 aliphatic heterocycles. The first-order valence-electron chi connectivity index (χ1n) is 3.65. The van der Waals surface area contributed by atoms with E-state index in [1.807, 2.05) is 0 Å². The van der Waals surface area contributed by atoms with Crippen molar-refractivity contribution in [1.29, 1.82) is 0 Å². The number of carbonyl (C=O) groups excluding carboxylic acids is 1. The third-order valence-corrected chi connectivity index (χ3v) is 3.25. The molecule has 14 heavy (non-hydrogen) atoms. The second-order valence-corrected chi connectivity index (χ2v) is 5.16. The summed E-state index contributed by atoms with van der Waals surface area (Å²) in [7, 11) is -3.75. The van der Waals surface area contributed by atoms with Gasteiger partial charge in [-0.1, -0.05) is 15.9 Å². The number of primary sulfonamides is 1. The lowest BCUT2D eigenvalue weighted by molar-refractivity contribution is 0.101. The van der Waals surface area contributed by atoms with E-state index in [1.165, 1.54) is 25.1 Å². The number of ketones is 1. The van der Waals surface area contributed by atoms with E-state index in [1.54, 1.807) is 0 Å². The molecule has 0 aliphatic rings. The number of carbonyl (C=O) groups is 1. The van der Waals surface area contributed by atoms with Crippen molar-refractivity contribution in [2.75, 3.05) is 0 Å². The van der Waals surface area contributed by atoms with Crippen LogP contribution in [0.3, 0.4) is 0 Å². The Morgan fingerprint density at radius 3 is 2.43 bits per heavy atom. The van der Waals surface area contributed by atoms with Crippen LogP contribution < -0.4 is 5.14 Å². The molecular weight excluding hydrogens is 270 g/mol. The molecule has 0 atom stereocenters. The van der Waals surface area contributed by atoms with Crippen LogP contribution in [0.1, 0.15) is 17.3 Å². The number of halogens is 1. The van der Waals surface area contributed by atoms with Gasteiger partial charge in [0.1, 0.15) is 0 Å². The van der Waals surface area contributed by atoms with Gasteiger partial charge in [-0.2, -0.15) is 0 Å². The van der Waals surface area contributed by atoms with E-state index in [9.17, 15) is 13.2 Å². The molecule has 0 radical (unpaired) electrons. The highest BCUT2D eigenvalue weighted by molar-refractivity contribution is 9.10. The molecule has 76 valence electrons. The predicted molar refractivity (Wildman–Crippen MR) is 55.5 cm³/mol. The van der Waals surface area contributed by atoms with E-state index in [4.69, 9.17) is 5.14 Å². The predicted octanol–water partition coefficient (Wildman–Crippen LogP) is 1.30. The fourth-order valence-corrected chi connectivity index (χ4v) is 2.02. The molecule has 0 spiro atoms. The number of rotatable bonds is 2. The summed E-state index contributed by atoms with van der Waals surface area (Å²) in [6.45, 7) is 1.35. The van der Waals surface area contributed by atoms with Crippen molar-refractivity contribution >= 4 is 31.7 Å². The van der Waals surface area contributed by atoms with Crippen LogP contribution in [0, 0.1) is 0 Å². The molecule has 0 saturated carbocycles. The summed E-state index contributed by atoms with van der Waals surface area (Å²) >= 11 is 3.14. The first-order valence-corrected chi connectivity index (χ1v) is 5.99. The number of Topliss-reactive ketones (excluding diaryl/α,β-unsaturated/α-hetero) is 1. The molecule has 0 bridgehead atoms. The van der Waals surface area contributed by atoms with E-state index < -0.39 is 10.0 Å². The van der Waals surface area contributed by atoms with E-state index in [-0.39, 0.29) is 10.7 Å². The summed E-state index contributed by atoms with van der Waals surface area (Å²) in [4.78, 5) is 11.0. The highest BCUT2D eigenvalue weighted by Crippen LogP contribution is 2.20. The molecule has 0 aromatic heterocycles. The van der Waals surface area contributed by atoms with Gasteiger partial charge in [0.05, 0.1) is 4.90 Å². The minimum Gasteiger partial charge on any atom is -0.294 e. The first kappa shape index (κ1) is 11.4. The first-order chi connectivity index (χ1) is 6.32. The topological polar surface area (TPSA) is 77.2 Å². The van der Waals surface area contributed by atoms with Gasteiger partial charge in [-0.15, -0.1) is 0 Å². The summed E-state index contributed by atoms with van der Waals surface area (Å²) in [5.74, 6) is -0.220. The quantitative estimate of drug-likeness (QED) is 0.828. The van der Waals surface area contributed by atoms with Crippen LogP contribution in [0.15, 0.2) is 27.6 Å². The Balaban J connectivity index is 3.42. The lowest BCUT2D eigenvalue weighted by Crippen LogP contribution is -2.12. The van der Waals surface area contributed by atoms with Crippen LogP contribution in [-0.4, -0.2) is 14.2 Å². The Morgan fingerprint density at radius 1 is 1.43 bits per heavy atom. The van der Waals surface area contributed by atoms with Crippen molar-refractivity contribution in [3.05, 3.63) is 28.2 Å². The summed E-state index contributed by atoms with van der Waals surface area (Å²) < 4.78 is 22.5. The molecule has 0 saturated heterocycles. The number of hydrogen-bond acceptors (Lipinski definition) is 3. The Hall–Kier alpha value is -0.720. The van der Waals surface area contributed by atoms with E-state index in [2.05, 4.69) is 15.9 Å². The SMILES string of the molecule is CC(=O)c1cc(S(N)(=O)=O)ccc1Br. The Bertz CT molecular complexity index is 481. The van der Waals surface area contributed by atoms with E-state index >= 15 is 0 Å². The zero-order valence-electron chi connectivity index (χ0n) is 7.32. The molecule has 1 rings (SSSR count). The molecule has 2 N–H and O–H groups in total. The molecule has 0 unspecified atom stereocenters. The Kier molecular flexibility index (Phi) is 3.08. The van der Waals surface area contributed by atoms with Gasteiger partial charge in [0.25, 0.3) is 0 Å². The standard InChI is InChI=1S/C8H8BrNO3S/c1-5(11)7-4-6(14(10,12)13)2-3-8(7)9/h2-4H,1H3,(H2,10,12,13). The summed E-state index contributed by atoms with van der Waals surface area (Å²) in [5, 5.41) is 4.92. The fourth-order valence-electron chi connectivity index (χ4n) is 0.951. The van der Waals surface area contributed by atoms with Gasteiger partial charge in [-0.3, -0.25) is 4.79 Å². The zero-order valence-corrected chi connectivity index (χ0v) is 9.72. The molecule has 0 fully saturated rings. The van der Waals surface area contributed by atoms with Crippen molar-refractivity contribution in [1.82, 2.24) is 0 Å². The Labute approximate surface area is 90.3 Å². The van der Waals surface area contributed by atoms with Gasteiger partial charge in [0.2, 0.25) is 10.0 Å². The molecule has 0 amide bonds. The van der Waals surface area contributed by atoms with Gasteiger partial charge in [-0.25, -0.2) is 13.6 Å². The average Bonchev–Trinajstić information content (AvgIpc) is 2.02. The van der Waals surface area contributed by atoms with Crippen molar-refractivity contribution in [3.8, 4) is 0 Å². The average molecular weight is 278 g/mol. The fraction of sp³-hybridized carbons (Fsp3) is 0.125. The largest absolute Gasteiger partial charge is 0.294 e. The van der Waals surface area contributed by atoms with Gasteiger partial charge in [0, 0.05) is 10.0 Å². The van der Waals surface area contributed by atoms with Crippen LogP contribution in [0.4, 0.5) is 0 Å². The van der Waals surface area contributed by atoms with Gasteiger partial charge in [-0.05, 0) is 25.1 Å². The van der Waals surface area contributed by atoms with Gasteiger partial charge in [0.15, 0.2) is 5.78 Å². The van der Waals surface area contributed by atoms with Crippen LogP contribution in [0.25, 0.3) is 0 Å². The number of sulfonamides is 1. The Morgan fingerprint density at radius 2 is 2.00 bits per heavy atom. The summed E-state index contributed by atoms with van der Waals surface area (Å²) in [6, 6.07) is 4.07. The minimum absolute atomic E-state index is 0.0640. The lowest BCUT2D eigenvalue weighted by Gasteiger charge is -2.02. The maximum Gasteiger partial charge on any atom is 0.238 e. The number of hydrogen-bond donors (Lipinski definition) is 1. The van der Waals surface area contributed by atoms with Crippen molar-refractivity contribution < 1.29 is 13.2 Å². The highest BCUT2D eigenvalue weighted by Gasteiger charge is 2.12. The number of benzene rings is 1. The smallest absolute Gasteiger partial charge is 0.238 e. The molecule has 0 aliphatic carbocycles. The van der Waals surface area contributed by atoms with Crippen molar-refractivity contribution in [3.63, 3.8) is 0 Å². The third kappa shape index (κ3) is 2.40. The van der Waals surface area contributed by atoms with E-state index in [0.717, 1.165) is 0 Å². The molecule has 6 heteroatoms. The normalized spacial score (nSPS) is 11.4. The maximum atomic E-state index is 11.1. The minimum atomic E-state index is -3.75. The maximum absolute atomic E-state index is 11.1. The van der Waals surface area contributed by atoms with Gasteiger partial charge < -0.3 is 0 Å². The highest BCUT2D eigenvalue weighted by atomic mass is 79.9. The molecule has 1 aromatic rings.